The number of allylic oxidation sites excluding steroid dienone is 2. The van der Waals surface area contributed by atoms with Crippen LogP contribution < -0.4 is 0 Å². The molecule has 0 radical (unpaired) electrons. The number of hydrogen-bond acceptors (Lipinski definition) is 1. The zero-order valence-electron chi connectivity index (χ0n) is 14.5. The third kappa shape index (κ3) is 8.83. The van der Waals surface area contributed by atoms with Crippen LogP contribution in [-0.4, -0.2) is 30.0 Å². The van der Waals surface area contributed by atoms with Crippen LogP contribution in [0.15, 0.2) is 45.7 Å². The Morgan fingerprint density at radius 2 is 1.73 bits per heavy atom. The topological polar surface area (TPSA) is 0 Å². The molecular formula is C17H23F6S2Sb. The summed E-state index contributed by atoms with van der Waals surface area (Å²) in [5, 5.41) is 1.74. The van der Waals surface area contributed by atoms with E-state index in [4.69, 9.17) is 0 Å². The average Bonchev–Trinajstić information content (AvgIpc) is 2.47. The molecule has 0 bridgehead atoms. The van der Waals surface area contributed by atoms with Gasteiger partial charge in [-0.25, -0.2) is 0 Å². The molecule has 3 rings (SSSR count). The number of benzene rings is 1. The first-order valence-electron chi connectivity index (χ1n) is 8.35. The van der Waals surface area contributed by atoms with Crippen molar-refractivity contribution in [3.63, 3.8) is 0 Å². The summed E-state index contributed by atoms with van der Waals surface area (Å²) in [6.07, 6.45) is 8.02. The molecule has 1 aliphatic heterocycles. The van der Waals surface area contributed by atoms with Gasteiger partial charge in [-0.2, -0.15) is 0 Å². The fourth-order valence-electron chi connectivity index (χ4n) is 3.18. The molecule has 1 aromatic rings. The number of rotatable bonds is 2. The number of halogens is 6. The van der Waals surface area contributed by atoms with Crippen LogP contribution >= 0.6 is 11.8 Å². The number of thiol groups is 1. The summed E-state index contributed by atoms with van der Waals surface area (Å²) in [7, 11) is 0. The van der Waals surface area contributed by atoms with Crippen LogP contribution in [-0.2, 0) is 11.8 Å². The molecule has 0 N–H and O–H groups in total. The molecule has 0 aromatic heterocycles. The quantitative estimate of drug-likeness (QED) is 0.131. The fourth-order valence-corrected chi connectivity index (χ4v) is 6.67. The van der Waals surface area contributed by atoms with Gasteiger partial charge in [-0.15, -0.1) is 11.8 Å². The zero-order valence-corrected chi connectivity index (χ0v) is 18.8. The molecule has 0 amide bonds. The Morgan fingerprint density at radius 1 is 1.12 bits per heavy atom. The first-order chi connectivity index (χ1) is 11.7. The molecule has 150 valence electrons. The molecule has 1 saturated carbocycles. The van der Waals surface area contributed by atoms with Crippen LogP contribution in [0.25, 0.3) is 0 Å². The molecule has 0 spiro atoms. The predicted molar refractivity (Wildman–Crippen MR) is 101 cm³/mol. The normalized spacial score (nSPS) is 27.6. The summed E-state index contributed by atoms with van der Waals surface area (Å²) < 4.78 is 59.6. The van der Waals surface area contributed by atoms with E-state index in [0.29, 0.717) is 0 Å². The van der Waals surface area contributed by atoms with Crippen molar-refractivity contribution in [3.05, 3.63) is 35.9 Å². The first kappa shape index (κ1) is 22.3. The minimum absolute atomic E-state index is 0.862. The van der Waals surface area contributed by atoms with Crippen molar-refractivity contribution in [3.8, 4) is 0 Å². The van der Waals surface area contributed by atoms with Crippen LogP contribution in [0.4, 0.5) is 16.9 Å². The summed E-state index contributed by atoms with van der Waals surface area (Å²) in [6, 6.07) is 9.02. The van der Waals surface area contributed by atoms with Gasteiger partial charge in [0.05, 0.1) is 10.1 Å². The van der Waals surface area contributed by atoms with Crippen molar-refractivity contribution in [2.75, 3.05) is 0 Å². The van der Waals surface area contributed by atoms with E-state index in [-0.39, 0.29) is 0 Å². The predicted octanol–water partition coefficient (Wildman–Crippen LogP) is 7.00. The Kier molecular flexibility index (Phi) is 6.42. The van der Waals surface area contributed by atoms with Crippen molar-refractivity contribution in [2.45, 2.75) is 59.8 Å². The molecule has 9 heteroatoms. The summed E-state index contributed by atoms with van der Waals surface area (Å²) in [4.78, 5) is 3.10. The van der Waals surface area contributed by atoms with E-state index in [1.807, 2.05) is 0 Å². The van der Waals surface area contributed by atoms with E-state index < -0.39 is 19.5 Å². The first-order valence-corrected chi connectivity index (χ1v) is 16.0. The Bertz CT molecular complexity index is 656. The van der Waals surface area contributed by atoms with Crippen LogP contribution in [0, 0.1) is 5.92 Å². The molecule has 3 atom stereocenters. The zero-order chi connectivity index (χ0) is 19.7. The van der Waals surface area contributed by atoms with Gasteiger partial charge in [-0.3, -0.25) is 0 Å². The van der Waals surface area contributed by atoms with Crippen molar-refractivity contribution in [2.24, 2.45) is 5.92 Å². The molecule has 0 nitrogen and oxygen atoms in total. The van der Waals surface area contributed by atoms with Gasteiger partial charge >= 0.3 is 36.4 Å². The summed E-state index contributed by atoms with van der Waals surface area (Å²) in [6.45, 7) is 4.45. The Labute approximate surface area is 161 Å². The Morgan fingerprint density at radius 3 is 2.35 bits per heavy atom. The molecular weight excluding hydrogens is 504 g/mol. The number of fused-ring (bicyclic) bond motifs is 2. The van der Waals surface area contributed by atoms with Crippen molar-refractivity contribution >= 4 is 43.0 Å². The molecule has 1 fully saturated rings. The van der Waals surface area contributed by atoms with Gasteiger partial charge in [0.25, 0.3) is 0 Å². The molecule has 2 aliphatic rings. The maximum atomic E-state index is 9.93. The fraction of sp³-hybridized carbons (Fsp3) is 0.529. The second kappa shape index (κ2) is 7.47. The molecule has 1 aliphatic carbocycles. The third-order valence-electron chi connectivity index (χ3n) is 4.19. The van der Waals surface area contributed by atoms with E-state index >= 15 is 0 Å². The minimum atomic E-state index is -11.2. The van der Waals surface area contributed by atoms with Crippen molar-refractivity contribution in [1.29, 1.82) is 0 Å². The third-order valence-corrected chi connectivity index (χ3v) is 7.73. The van der Waals surface area contributed by atoms with Crippen molar-refractivity contribution < 1.29 is 16.9 Å². The molecule has 1 aromatic carbocycles. The molecule has 0 saturated heterocycles. The number of hydrogen-bond donors (Lipinski definition) is 0. The molecule has 3 unspecified atom stereocenters. The van der Waals surface area contributed by atoms with Crippen LogP contribution in [0.5, 0.6) is 0 Å². The van der Waals surface area contributed by atoms with Crippen LogP contribution in [0.1, 0.15) is 39.5 Å². The van der Waals surface area contributed by atoms with Gasteiger partial charge in [0.15, 0.2) is 4.90 Å². The second-order valence-electron chi connectivity index (χ2n) is 6.91. The van der Waals surface area contributed by atoms with Gasteiger partial charge in [-0.05, 0) is 45.2 Å². The second-order valence-corrected chi connectivity index (χ2v) is 15.0. The van der Waals surface area contributed by atoms with Gasteiger partial charge < -0.3 is 0 Å². The summed E-state index contributed by atoms with van der Waals surface area (Å²) in [5.41, 5.74) is 1.47. The Hall–Kier alpha value is 0.0582. The SMILES string of the molecule is CC(C)=CCC1CCCC2Sc3ccccc3[SH+]C12.[F][Sb-]([F])([F])([F])([F])[F]. The van der Waals surface area contributed by atoms with Gasteiger partial charge in [0, 0.05) is 17.7 Å². The Balaban J connectivity index is 0.000000298. The monoisotopic (exact) mass is 526 g/mol. The van der Waals surface area contributed by atoms with E-state index in [2.05, 4.69) is 56.0 Å². The summed E-state index contributed by atoms with van der Waals surface area (Å²) in [5.74, 6) is 0.899. The number of thioether (sulfide) groups is 1. The van der Waals surface area contributed by atoms with E-state index in [1.165, 1.54) is 36.2 Å². The van der Waals surface area contributed by atoms with Crippen LogP contribution in [0.3, 0.4) is 0 Å². The average molecular weight is 527 g/mol. The summed E-state index contributed by atoms with van der Waals surface area (Å²) >= 11 is -7.51. The maximum absolute atomic E-state index is 11.2. The standard InChI is InChI=1S/C17H22S2.6FH.Sb/c1-12(2)10-11-13-6-5-9-16-17(13)19-15-8-4-3-7-14(15)18-16;;;;;;;/h3-4,7-8,10,13,16-17H,5-6,9,11H2,1-2H3;6*1H;/q;;;;;;;+5/p-5. The molecule has 26 heavy (non-hydrogen) atoms. The van der Waals surface area contributed by atoms with E-state index in [0.717, 1.165) is 16.4 Å². The van der Waals surface area contributed by atoms with Crippen molar-refractivity contribution in [1.82, 2.24) is 0 Å². The van der Waals surface area contributed by atoms with Crippen LogP contribution in [0.2, 0.25) is 0 Å². The van der Waals surface area contributed by atoms with Gasteiger partial charge in [-0.1, -0.05) is 30.2 Å². The van der Waals surface area contributed by atoms with E-state index in [1.54, 1.807) is 16.7 Å². The van der Waals surface area contributed by atoms with Gasteiger partial charge in [0.1, 0.15) is 5.25 Å². The van der Waals surface area contributed by atoms with E-state index in [9.17, 15) is 16.9 Å². The molecule has 1 heterocycles. The van der Waals surface area contributed by atoms with Gasteiger partial charge in [0.2, 0.25) is 0 Å².